The minimum Gasteiger partial charge on any atom is -0.365 e. The number of carbonyl (C=O) groups excluding carboxylic acids is 2. The smallest absolute Gasteiger partial charge is 0.335 e. The molecule has 0 aliphatic carbocycles. The summed E-state index contributed by atoms with van der Waals surface area (Å²) in [6.45, 7) is 1.97. The summed E-state index contributed by atoms with van der Waals surface area (Å²) in [5.41, 5.74) is 0. The first-order valence-electron chi connectivity index (χ1n) is 4.81. The summed E-state index contributed by atoms with van der Waals surface area (Å²) in [6.07, 6.45) is -1.44. The van der Waals surface area contributed by atoms with Gasteiger partial charge in [-0.25, -0.2) is 9.69 Å². The summed E-state index contributed by atoms with van der Waals surface area (Å²) in [5, 5.41) is 17.3. The third-order valence-corrected chi connectivity index (χ3v) is 4.08. The lowest BCUT2D eigenvalue weighted by atomic mass is 10.5. The molecule has 17 heavy (non-hydrogen) atoms. The number of likely N-dealkylation sites (N-methyl/N-ethyl adjacent to an activating group) is 1. The van der Waals surface area contributed by atoms with E-state index in [1.165, 1.54) is 18.8 Å². The fraction of sp³-hybridized carbons (Fsp3) is 0.500. The van der Waals surface area contributed by atoms with E-state index in [0.717, 1.165) is 26.9 Å². The second-order valence-electron chi connectivity index (χ2n) is 3.22. The van der Waals surface area contributed by atoms with Crippen LogP contribution in [0.5, 0.6) is 0 Å². The first-order chi connectivity index (χ1) is 8.06. The highest BCUT2D eigenvalue weighted by Crippen LogP contribution is 2.30. The third kappa shape index (κ3) is 2.01. The van der Waals surface area contributed by atoms with Crippen molar-refractivity contribution in [1.29, 1.82) is 0 Å². The SMILES string of the molecule is CCSc1nnc(N2C(=O)C(O)N(C)C2=O)s1. The van der Waals surface area contributed by atoms with Crippen LogP contribution in [0.1, 0.15) is 6.92 Å². The number of amides is 3. The minimum atomic E-state index is -1.44. The monoisotopic (exact) mass is 274 g/mol. The Hall–Kier alpha value is -1.19. The van der Waals surface area contributed by atoms with Crippen molar-refractivity contribution in [3.8, 4) is 0 Å². The molecule has 1 unspecified atom stereocenters. The highest BCUT2D eigenvalue weighted by molar-refractivity contribution is 8.01. The highest BCUT2D eigenvalue weighted by atomic mass is 32.2. The van der Waals surface area contributed by atoms with Gasteiger partial charge in [-0.15, -0.1) is 10.2 Å². The molecule has 7 nitrogen and oxygen atoms in total. The number of carbonyl (C=O) groups is 2. The van der Waals surface area contributed by atoms with Gasteiger partial charge >= 0.3 is 6.03 Å². The summed E-state index contributed by atoms with van der Waals surface area (Å²) in [6, 6.07) is -0.591. The van der Waals surface area contributed by atoms with Gasteiger partial charge in [0.2, 0.25) is 11.4 Å². The van der Waals surface area contributed by atoms with Crippen LogP contribution >= 0.6 is 23.1 Å². The number of aromatic nitrogens is 2. The lowest BCUT2D eigenvalue weighted by molar-refractivity contribution is -0.128. The minimum absolute atomic E-state index is 0.194. The van der Waals surface area contributed by atoms with Crippen LogP contribution in [-0.2, 0) is 4.79 Å². The largest absolute Gasteiger partial charge is 0.365 e. The summed E-state index contributed by atoms with van der Waals surface area (Å²) in [7, 11) is 1.35. The topological polar surface area (TPSA) is 86.6 Å². The zero-order valence-electron chi connectivity index (χ0n) is 9.15. The average molecular weight is 274 g/mol. The van der Waals surface area contributed by atoms with Crippen molar-refractivity contribution in [1.82, 2.24) is 15.1 Å². The van der Waals surface area contributed by atoms with Crippen LogP contribution in [0, 0.1) is 0 Å². The first-order valence-corrected chi connectivity index (χ1v) is 6.61. The van der Waals surface area contributed by atoms with Crippen molar-refractivity contribution in [3.63, 3.8) is 0 Å². The van der Waals surface area contributed by atoms with Crippen LogP contribution in [0.25, 0.3) is 0 Å². The van der Waals surface area contributed by atoms with Crippen molar-refractivity contribution in [2.75, 3.05) is 17.7 Å². The summed E-state index contributed by atoms with van der Waals surface area (Å²) in [5.74, 6) is 0.140. The van der Waals surface area contributed by atoms with E-state index >= 15 is 0 Å². The number of aliphatic hydroxyl groups excluding tert-OH is 1. The zero-order chi connectivity index (χ0) is 12.6. The van der Waals surface area contributed by atoms with Crippen molar-refractivity contribution < 1.29 is 14.7 Å². The summed E-state index contributed by atoms with van der Waals surface area (Å²) >= 11 is 2.63. The predicted molar refractivity (Wildman–Crippen MR) is 63.0 cm³/mol. The number of thioether (sulfide) groups is 1. The van der Waals surface area contributed by atoms with Gasteiger partial charge in [-0.3, -0.25) is 9.69 Å². The van der Waals surface area contributed by atoms with Gasteiger partial charge in [0.05, 0.1) is 0 Å². The highest BCUT2D eigenvalue weighted by Gasteiger charge is 2.44. The molecule has 1 atom stereocenters. The molecule has 0 bridgehead atoms. The van der Waals surface area contributed by atoms with Crippen LogP contribution in [0.15, 0.2) is 4.34 Å². The molecule has 2 heterocycles. The maximum atomic E-state index is 11.7. The Balaban J connectivity index is 2.27. The Morgan fingerprint density at radius 2 is 2.18 bits per heavy atom. The second kappa shape index (κ2) is 4.59. The molecule has 92 valence electrons. The molecule has 0 radical (unpaired) electrons. The number of aliphatic hydroxyl groups is 1. The van der Waals surface area contributed by atoms with Gasteiger partial charge in [-0.2, -0.15) is 0 Å². The molecule has 1 aromatic heterocycles. The molecule has 0 saturated carbocycles. The number of imide groups is 1. The molecule has 1 saturated heterocycles. The van der Waals surface area contributed by atoms with Crippen LogP contribution < -0.4 is 4.90 Å². The number of hydrogen-bond acceptors (Lipinski definition) is 7. The van der Waals surface area contributed by atoms with Gasteiger partial charge in [0.15, 0.2) is 4.34 Å². The van der Waals surface area contributed by atoms with Crippen LogP contribution in [0.3, 0.4) is 0 Å². The molecule has 9 heteroatoms. The fourth-order valence-corrected chi connectivity index (χ4v) is 3.03. The molecule has 1 aliphatic rings. The maximum absolute atomic E-state index is 11.7. The van der Waals surface area contributed by atoms with Gasteiger partial charge in [-0.05, 0) is 5.75 Å². The van der Waals surface area contributed by atoms with E-state index in [2.05, 4.69) is 10.2 Å². The average Bonchev–Trinajstić information content (AvgIpc) is 2.82. The van der Waals surface area contributed by atoms with E-state index in [1.54, 1.807) is 0 Å². The normalized spacial score (nSPS) is 20.5. The summed E-state index contributed by atoms with van der Waals surface area (Å²) < 4.78 is 0.687. The Kier molecular flexibility index (Phi) is 3.31. The third-order valence-electron chi connectivity index (χ3n) is 2.16. The molecule has 0 aromatic carbocycles. The van der Waals surface area contributed by atoms with E-state index in [-0.39, 0.29) is 5.13 Å². The number of hydrogen-bond donors (Lipinski definition) is 1. The Labute approximate surface area is 105 Å². The lowest BCUT2D eigenvalue weighted by Crippen LogP contribution is -2.31. The number of nitrogens with zero attached hydrogens (tertiary/aromatic N) is 4. The Morgan fingerprint density at radius 1 is 1.47 bits per heavy atom. The molecular formula is C8H10N4O3S2. The van der Waals surface area contributed by atoms with E-state index in [9.17, 15) is 14.7 Å². The van der Waals surface area contributed by atoms with Crippen molar-refractivity contribution in [2.24, 2.45) is 0 Å². The van der Waals surface area contributed by atoms with Crippen LogP contribution in [-0.4, -0.2) is 51.2 Å². The standard InChI is InChI=1S/C8H10N4O3S2/c1-3-16-7-10-9-6(17-7)12-5(14)4(13)11(2)8(12)15/h4,13H,3H2,1-2H3. The quantitative estimate of drug-likeness (QED) is 0.487. The molecule has 0 spiro atoms. The van der Waals surface area contributed by atoms with Gasteiger partial charge < -0.3 is 5.11 Å². The van der Waals surface area contributed by atoms with Gasteiger partial charge in [0, 0.05) is 7.05 Å². The molecule has 1 fully saturated rings. The predicted octanol–water partition coefficient (Wildman–Crippen LogP) is 0.367. The second-order valence-corrected chi connectivity index (χ2v) is 5.69. The van der Waals surface area contributed by atoms with E-state index in [0.29, 0.717) is 4.34 Å². The molecule has 2 rings (SSSR count). The molecule has 1 aliphatic heterocycles. The van der Waals surface area contributed by atoms with Crippen LogP contribution in [0.2, 0.25) is 0 Å². The van der Waals surface area contributed by atoms with E-state index in [4.69, 9.17) is 0 Å². The lowest BCUT2D eigenvalue weighted by Gasteiger charge is -2.09. The van der Waals surface area contributed by atoms with Crippen molar-refractivity contribution >= 4 is 40.2 Å². The van der Waals surface area contributed by atoms with Crippen molar-refractivity contribution in [3.05, 3.63) is 0 Å². The fourth-order valence-electron chi connectivity index (χ4n) is 1.29. The molecule has 1 aromatic rings. The van der Waals surface area contributed by atoms with Gasteiger partial charge in [0.25, 0.3) is 5.91 Å². The maximum Gasteiger partial charge on any atom is 0.335 e. The Bertz CT molecular complexity index is 443. The number of rotatable bonds is 3. The molecular weight excluding hydrogens is 264 g/mol. The number of urea groups is 1. The van der Waals surface area contributed by atoms with Crippen LogP contribution in [0.4, 0.5) is 9.93 Å². The van der Waals surface area contributed by atoms with E-state index in [1.807, 2.05) is 6.92 Å². The van der Waals surface area contributed by atoms with Crippen molar-refractivity contribution in [2.45, 2.75) is 17.5 Å². The zero-order valence-corrected chi connectivity index (χ0v) is 10.8. The molecule has 3 amide bonds. The van der Waals surface area contributed by atoms with E-state index < -0.39 is 18.2 Å². The first kappa shape index (κ1) is 12.3. The Morgan fingerprint density at radius 3 is 2.71 bits per heavy atom. The molecule has 1 N–H and O–H groups in total. The van der Waals surface area contributed by atoms with Gasteiger partial charge in [0.1, 0.15) is 0 Å². The number of anilines is 1. The summed E-state index contributed by atoms with van der Waals surface area (Å²) in [4.78, 5) is 25.1. The van der Waals surface area contributed by atoms with Gasteiger partial charge in [-0.1, -0.05) is 30.0 Å².